The number of hydrogen-bond acceptors (Lipinski definition) is 6. The van der Waals surface area contributed by atoms with Gasteiger partial charge in [0.15, 0.2) is 0 Å². The number of likely N-dealkylation sites (tertiary alicyclic amines) is 1. The molecule has 0 unspecified atom stereocenters. The largest absolute Gasteiger partial charge is 0.356 e. The van der Waals surface area contributed by atoms with Crippen LogP contribution in [-0.4, -0.2) is 46.3 Å². The standard InChI is InChI=1S/C25H28ClFN4O2S/c26-21-4-1-3-18(15-21)17-34-14-2-11-28-25(32)20-9-12-31(13-10-20)16-23-29-24(30-33-23)19-5-7-22(27)8-6-19/h1,3-8,15,20H,2,9-14,16-17H2,(H,28,32). The van der Waals surface area contributed by atoms with Gasteiger partial charge in [0, 0.05) is 28.8 Å². The van der Waals surface area contributed by atoms with Gasteiger partial charge in [0.2, 0.25) is 17.6 Å². The van der Waals surface area contributed by atoms with Crippen LogP contribution in [0.1, 0.15) is 30.7 Å². The third-order valence-corrected chi connectivity index (χ3v) is 7.16. The van der Waals surface area contributed by atoms with Crippen molar-refractivity contribution in [3.8, 4) is 11.4 Å². The first-order valence-electron chi connectivity index (χ1n) is 11.5. The molecule has 34 heavy (non-hydrogen) atoms. The van der Waals surface area contributed by atoms with E-state index in [0.29, 0.717) is 24.8 Å². The molecule has 0 bridgehead atoms. The Labute approximate surface area is 208 Å². The van der Waals surface area contributed by atoms with Gasteiger partial charge in [-0.15, -0.1) is 0 Å². The molecule has 0 saturated carbocycles. The lowest BCUT2D eigenvalue weighted by Crippen LogP contribution is -2.40. The minimum absolute atomic E-state index is 0.0489. The Morgan fingerprint density at radius 3 is 2.76 bits per heavy atom. The second-order valence-corrected chi connectivity index (χ2v) is 9.94. The number of halogens is 2. The molecule has 0 radical (unpaired) electrons. The number of rotatable bonds is 10. The molecule has 180 valence electrons. The van der Waals surface area contributed by atoms with Crippen molar-refractivity contribution in [3.05, 3.63) is 70.8 Å². The van der Waals surface area contributed by atoms with E-state index in [2.05, 4.69) is 26.4 Å². The molecule has 6 nitrogen and oxygen atoms in total. The van der Waals surface area contributed by atoms with Crippen LogP contribution in [0, 0.1) is 11.7 Å². The fraction of sp³-hybridized carbons (Fsp3) is 0.400. The molecule has 1 fully saturated rings. The second-order valence-electron chi connectivity index (χ2n) is 8.40. The van der Waals surface area contributed by atoms with Crippen LogP contribution < -0.4 is 5.32 Å². The van der Waals surface area contributed by atoms with Crippen molar-refractivity contribution in [2.24, 2.45) is 5.92 Å². The first-order chi connectivity index (χ1) is 16.6. The number of benzene rings is 2. The van der Waals surface area contributed by atoms with Gasteiger partial charge in [-0.05, 0) is 80.1 Å². The van der Waals surface area contributed by atoms with Gasteiger partial charge in [-0.1, -0.05) is 28.9 Å². The lowest BCUT2D eigenvalue weighted by Gasteiger charge is -2.30. The molecule has 1 aromatic heterocycles. The summed E-state index contributed by atoms with van der Waals surface area (Å²) >= 11 is 7.86. The number of carbonyl (C=O) groups excluding carboxylic acids is 1. The minimum atomic E-state index is -0.299. The lowest BCUT2D eigenvalue weighted by atomic mass is 9.96. The van der Waals surface area contributed by atoms with Crippen molar-refractivity contribution in [2.45, 2.75) is 31.6 Å². The quantitative estimate of drug-likeness (QED) is 0.385. The summed E-state index contributed by atoms with van der Waals surface area (Å²) in [6, 6.07) is 13.9. The van der Waals surface area contributed by atoms with E-state index in [0.717, 1.165) is 54.4 Å². The number of hydrogen-bond donors (Lipinski definition) is 1. The molecule has 2 heterocycles. The highest BCUT2D eigenvalue weighted by Crippen LogP contribution is 2.21. The molecule has 2 aromatic carbocycles. The zero-order valence-electron chi connectivity index (χ0n) is 18.9. The summed E-state index contributed by atoms with van der Waals surface area (Å²) in [4.78, 5) is 19.2. The molecule has 1 saturated heterocycles. The molecule has 0 aliphatic carbocycles. The fourth-order valence-electron chi connectivity index (χ4n) is 3.93. The zero-order chi connectivity index (χ0) is 23.8. The molecular weight excluding hydrogens is 475 g/mol. The van der Waals surface area contributed by atoms with Gasteiger partial charge in [-0.25, -0.2) is 4.39 Å². The van der Waals surface area contributed by atoms with E-state index >= 15 is 0 Å². The van der Waals surface area contributed by atoms with Gasteiger partial charge < -0.3 is 9.84 Å². The van der Waals surface area contributed by atoms with Crippen LogP contribution in [0.15, 0.2) is 53.1 Å². The van der Waals surface area contributed by atoms with Crippen molar-refractivity contribution in [1.82, 2.24) is 20.4 Å². The van der Waals surface area contributed by atoms with Gasteiger partial charge in [0.25, 0.3) is 0 Å². The molecule has 1 N–H and O–H groups in total. The number of aromatic nitrogens is 2. The van der Waals surface area contributed by atoms with Crippen LogP contribution in [0.3, 0.4) is 0 Å². The summed E-state index contributed by atoms with van der Waals surface area (Å²) in [5.41, 5.74) is 1.94. The first-order valence-corrected chi connectivity index (χ1v) is 13.0. The van der Waals surface area contributed by atoms with Crippen molar-refractivity contribution in [3.63, 3.8) is 0 Å². The van der Waals surface area contributed by atoms with Crippen LogP contribution in [0.2, 0.25) is 5.02 Å². The lowest BCUT2D eigenvalue weighted by molar-refractivity contribution is -0.126. The van der Waals surface area contributed by atoms with Crippen LogP contribution >= 0.6 is 23.4 Å². The van der Waals surface area contributed by atoms with Crippen LogP contribution in [-0.2, 0) is 17.1 Å². The Morgan fingerprint density at radius 2 is 2.00 bits per heavy atom. The van der Waals surface area contributed by atoms with Crippen molar-refractivity contribution < 1.29 is 13.7 Å². The summed E-state index contributed by atoms with van der Waals surface area (Å²) in [5, 5.41) is 7.85. The molecule has 3 aromatic rings. The summed E-state index contributed by atoms with van der Waals surface area (Å²) in [7, 11) is 0. The van der Waals surface area contributed by atoms with E-state index in [1.54, 1.807) is 12.1 Å². The predicted octanol–water partition coefficient (Wildman–Crippen LogP) is 5.18. The van der Waals surface area contributed by atoms with Gasteiger partial charge in [0.1, 0.15) is 5.82 Å². The van der Waals surface area contributed by atoms with Gasteiger partial charge in [-0.3, -0.25) is 9.69 Å². The number of amides is 1. The summed E-state index contributed by atoms with van der Waals surface area (Å²) in [6.45, 7) is 2.87. The highest BCUT2D eigenvalue weighted by molar-refractivity contribution is 7.98. The van der Waals surface area contributed by atoms with E-state index < -0.39 is 0 Å². The number of nitrogens with zero attached hydrogens (tertiary/aromatic N) is 3. The fourth-order valence-corrected chi connectivity index (χ4v) is 5.05. The maximum Gasteiger partial charge on any atom is 0.241 e. The molecule has 1 aliphatic rings. The Balaban J connectivity index is 1.11. The monoisotopic (exact) mass is 502 g/mol. The second kappa shape index (κ2) is 12.3. The van der Waals surface area contributed by atoms with E-state index in [1.165, 1.54) is 17.7 Å². The summed E-state index contributed by atoms with van der Waals surface area (Å²) in [5.74, 6) is 2.80. The number of nitrogens with one attached hydrogen (secondary N) is 1. The van der Waals surface area contributed by atoms with Crippen molar-refractivity contribution in [2.75, 3.05) is 25.4 Å². The van der Waals surface area contributed by atoms with E-state index in [9.17, 15) is 9.18 Å². The Bertz CT molecular complexity index is 1070. The predicted molar refractivity (Wildman–Crippen MR) is 133 cm³/mol. The molecule has 0 atom stereocenters. The Hall–Kier alpha value is -2.42. The van der Waals surface area contributed by atoms with Gasteiger partial charge in [0.05, 0.1) is 6.54 Å². The smallest absolute Gasteiger partial charge is 0.241 e. The Kier molecular flexibility index (Phi) is 8.96. The summed E-state index contributed by atoms with van der Waals surface area (Å²) < 4.78 is 18.5. The number of thioether (sulfide) groups is 1. The highest BCUT2D eigenvalue weighted by atomic mass is 35.5. The Morgan fingerprint density at radius 1 is 1.21 bits per heavy atom. The third-order valence-electron chi connectivity index (χ3n) is 5.81. The molecular formula is C25H28ClFN4O2S. The molecule has 4 rings (SSSR count). The topological polar surface area (TPSA) is 71.3 Å². The average molecular weight is 503 g/mol. The third kappa shape index (κ3) is 7.29. The molecule has 0 spiro atoms. The molecule has 1 aliphatic heterocycles. The normalized spacial score (nSPS) is 14.9. The van der Waals surface area contributed by atoms with E-state index in [1.807, 2.05) is 30.0 Å². The van der Waals surface area contributed by atoms with Crippen LogP contribution in [0.5, 0.6) is 0 Å². The number of carbonyl (C=O) groups is 1. The minimum Gasteiger partial charge on any atom is -0.356 e. The first kappa shape index (κ1) is 24.7. The zero-order valence-corrected chi connectivity index (χ0v) is 20.5. The van der Waals surface area contributed by atoms with Crippen molar-refractivity contribution in [1.29, 1.82) is 0 Å². The van der Waals surface area contributed by atoms with Crippen LogP contribution in [0.25, 0.3) is 11.4 Å². The van der Waals surface area contributed by atoms with Crippen molar-refractivity contribution >= 4 is 29.3 Å². The molecule has 1 amide bonds. The van der Waals surface area contributed by atoms with E-state index in [4.69, 9.17) is 16.1 Å². The van der Waals surface area contributed by atoms with Gasteiger partial charge in [-0.2, -0.15) is 16.7 Å². The molecule has 9 heteroatoms. The summed E-state index contributed by atoms with van der Waals surface area (Å²) in [6.07, 6.45) is 2.58. The van der Waals surface area contributed by atoms with Gasteiger partial charge >= 0.3 is 0 Å². The van der Waals surface area contributed by atoms with E-state index in [-0.39, 0.29) is 17.6 Å². The number of piperidine rings is 1. The highest BCUT2D eigenvalue weighted by Gasteiger charge is 2.25. The average Bonchev–Trinajstić information content (AvgIpc) is 3.30. The maximum atomic E-state index is 13.1. The SMILES string of the molecule is O=C(NCCCSCc1cccc(Cl)c1)C1CCN(Cc2nc(-c3ccc(F)cc3)no2)CC1. The van der Waals surface area contributed by atoms with Crippen LogP contribution in [0.4, 0.5) is 4.39 Å². The maximum absolute atomic E-state index is 13.1.